The first-order valence-electron chi connectivity index (χ1n) is 5.73. The number of phenols is 1. The van der Waals surface area contributed by atoms with Gasteiger partial charge in [0.05, 0.1) is 3.57 Å². The first-order valence-corrected chi connectivity index (χ1v) is 6.80. The smallest absolute Gasteiger partial charge is 0.251 e. The topological polar surface area (TPSA) is 49.3 Å². The molecule has 4 heteroatoms. The van der Waals surface area contributed by atoms with Gasteiger partial charge in [-0.1, -0.05) is 13.8 Å². The number of benzene rings is 1. The number of nitrogens with one attached hydrogen (secondary N) is 1. The molecule has 1 rings (SSSR count). The van der Waals surface area contributed by atoms with Crippen molar-refractivity contribution in [2.45, 2.75) is 39.2 Å². The summed E-state index contributed by atoms with van der Waals surface area (Å²) in [5, 5.41) is 12.6. The van der Waals surface area contributed by atoms with Gasteiger partial charge in [-0.15, -0.1) is 0 Å². The number of carbonyl (C=O) groups is 1. The second-order valence-corrected chi connectivity index (χ2v) is 5.55. The molecule has 0 fully saturated rings. The molecule has 94 valence electrons. The first kappa shape index (κ1) is 14.3. The van der Waals surface area contributed by atoms with Crippen LogP contribution in [0, 0.1) is 3.57 Å². The van der Waals surface area contributed by atoms with Crippen molar-refractivity contribution >= 4 is 28.5 Å². The highest BCUT2D eigenvalue weighted by atomic mass is 127. The first-order chi connectivity index (χ1) is 7.91. The van der Waals surface area contributed by atoms with E-state index in [1.807, 2.05) is 29.5 Å². The number of amides is 1. The average molecular weight is 347 g/mol. The van der Waals surface area contributed by atoms with Crippen LogP contribution in [0.5, 0.6) is 5.75 Å². The van der Waals surface area contributed by atoms with E-state index in [1.54, 1.807) is 12.1 Å². The normalized spacial score (nSPS) is 11.3. The zero-order chi connectivity index (χ0) is 13.1. The van der Waals surface area contributed by atoms with Crippen molar-refractivity contribution < 1.29 is 9.90 Å². The highest BCUT2D eigenvalue weighted by molar-refractivity contribution is 14.1. The number of rotatable bonds is 4. The van der Waals surface area contributed by atoms with Gasteiger partial charge in [-0.25, -0.2) is 0 Å². The lowest BCUT2D eigenvalue weighted by atomic mass is 9.95. The van der Waals surface area contributed by atoms with Gasteiger partial charge >= 0.3 is 0 Å². The van der Waals surface area contributed by atoms with E-state index in [4.69, 9.17) is 0 Å². The third-order valence-electron chi connectivity index (χ3n) is 3.18. The zero-order valence-corrected chi connectivity index (χ0v) is 12.5. The maximum absolute atomic E-state index is 12.0. The Kier molecular flexibility index (Phi) is 4.80. The van der Waals surface area contributed by atoms with E-state index in [0.717, 1.165) is 16.4 Å². The van der Waals surface area contributed by atoms with Crippen molar-refractivity contribution in [3.05, 3.63) is 27.3 Å². The Bertz CT molecular complexity index is 414. The Labute approximate surface area is 116 Å². The molecule has 1 aromatic carbocycles. The Balaban J connectivity index is 2.86. The van der Waals surface area contributed by atoms with Crippen LogP contribution in [-0.4, -0.2) is 16.6 Å². The van der Waals surface area contributed by atoms with Gasteiger partial charge < -0.3 is 10.4 Å². The molecule has 0 atom stereocenters. The van der Waals surface area contributed by atoms with Crippen molar-refractivity contribution in [3.8, 4) is 5.75 Å². The molecule has 0 aromatic heterocycles. The molecule has 0 heterocycles. The van der Waals surface area contributed by atoms with Gasteiger partial charge in [-0.2, -0.15) is 0 Å². The Hall–Kier alpha value is -0.780. The number of carbonyl (C=O) groups excluding carboxylic acids is 1. The molecule has 3 nitrogen and oxygen atoms in total. The summed E-state index contributed by atoms with van der Waals surface area (Å²) in [6.45, 7) is 6.13. The van der Waals surface area contributed by atoms with Crippen LogP contribution in [0.4, 0.5) is 0 Å². The molecule has 0 unspecified atom stereocenters. The number of halogens is 1. The number of hydrogen-bond donors (Lipinski definition) is 2. The lowest BCUT2D eigenvalue weighted by Gasteiger charge is -2.28. The third kappa shape index (κ3) is 3.59. The SMILES string of the molecule is CCC(C)(CC)NC(=O)c1ccc(I)c(O)c1. The quantitative estimate of drug-likeness (QED) is 0.821. The van der Waals surface area contributed by atoms with Crippen LogP contribution in [0.1, 0.15) is 44.0 Å². The van der Waals surface area contributed by atoms with E-state index in [0.29, 0.717) is 5.56 Å². The van der Waals surface area contributed by atoms with Crippen LogP contribution in [0.3, 0.4) is 0 Å². The highest BCUT2D eigenvalue weighted by Crippen LogP contribution is 2.21. The van der Waals surface area contributed by atoms with Crippen molar-refractivity contribution in [3.63, 3.8) is 0 Å². The van der Waals surface area contributed by atoms with Gasteiger partial charge in [0.25, 0.3) is 5.91 Å². The molecule has 0 aliphatic rings. The van der Waals surface area contributed by atoms with Crippen LogP contribution < -0.4 is 5.32 Å². The van der Waals surface area contributed by atoms with Gasteiger partial charge in [0.2, 0.25) is 0 Å². The lowest BCUT2D eigenvalue weighted by molar-refractivity contribution is 0.0900. The minimum absolute atomic E-state index is 0.136. The van der Waals surface area contributed by atoms with Crippen molar-refractivity contribution in [2.75, 3.05) is 0 Å². The number of aromatic hydroxyl groups is 1. The molecular formula is C13H18INO2. The van der Waals surface area contributed by atoms with Crippen LogP contribution in [0.2, 0.25) is 0 Å². The van der Waals surface area contributed by atoms with E-state index in [1.165, 1.54) is 6.07 Å². The van der Waals surface area contributed by atoms with Gasteiger partial charge in [0.15, 0.2) is 0 Å². The second-order valence-electron chi connectivity index (χ2n) is 4.39. The zero-order valence-electron chi connectivity index (χ0n) is 10.4. The van der Waals surface area contributed by atoms with Crippen LogP contribution in [-0.2, 0) is 0 Å². The minimum Gasteiger partial charge on any atom is -0.507 e. The Morgan fingerprint density at radius 1 is 1.41 bits per heavy atom. The van der Waals surface area contributed by atoms with Crippen LogP contribution in [0.15, 0.2) is 18.2 Å². The van der Waals surface area contributed by atoms with E-state index < -0.39 is 0 Å². The summed E-state index contributed by atoms with van der Waals surface area (Å²) in [6.07, 6.45) is 1.76. The van der Waals surface area contributed by atoms with Crippen molar-refractivity contribution in [1.29, 1.82) is 0 Å². The predicted octanol–water partition coefficient (Wildman–Crippen LogP) is 3.31. The Morgan fingerprint density at radius 3 is 2.47 bits per heavy atom. The maximum Gasteiger partial charge on any atom is 0.251 e. The van der Waals surface area contributed by atoms with Gasteiger partial charge in [-0.3, -0.25) is 4.79 Å². The van der Waals surface area contributed by atoms with E-state index in [9.17, 15) is 9.90 Å². The highest BCUT2D eigenvalue weighted by Gasteiger charge is 2.22. The molecule has 0 saturated carbocycles. The average Bonchev–Trinajstić information content (AvgIpc) is 2.32. The molecule has 0 bridgehead atoms. The van der Waals surface area contributed by atoms with E-state index in [2.05, 4.69) is 19.2 Å². The standard InChI is InChI=1S/C13H18INO2/c1-4-13(3,5-2)15-12(17)9-6-7-10(14)11(16)8-9/h6-8,16H,4-5H2,1-3H3,(H,15,17). The molecule has 0 aliphatic heterocycles. The largest absolute Gasteiger partial charge is 0.507 e. The summed E-state index contributed by atoms with van der Waals surface area (Å²) in [4.78, 5) is 12.0. The summed E-state index contributed by atoms with van der Waals surface area (Å²) < 4.78 is 0.743. The maximum atomic E-state index is 12.0. The minimum atomic E-state index is -0.185. The fourth-order valence-corrected chi connectivity index (χ4v) is 1.76. The van der Waals surface area contributed by atoms with E-state index >= 15 is 0 Å². The van der Waals surface area contributed by atoms with Crippen LogP contribution >= 0.6 is 22.6 Å². The summed E-state index contributed by atoms with van der Waals surface area (Å²) >= 11 is 2.03. The predicted molar refractivity (Wildman–Crippen MR) is 77.3 cm³/mol. The fraction of sp³-hybridized carbons (Fsp3) is 0.462. The summed E-state index contributed by atoms with van der Waals surface area (Å²) in [5.41, 5.74) is 0.312. The monoisotopic (exact) mass is 347 g/mol. The molecule has 0 spiro atoms. The number of phenolic OH excluding ortho intramolecular Hbond substituents is 1. The molecule has 17 heavy (non-hydrogen) atoms. The molecule has 2 N–H and O–H groups in total. The van der Waals surface area contributed by atoms with Gasteiger partial charge in [0.1, 0.15) is 5.75 Å². The summed E-state index contributed by atoms with van der Waals surface area (Å²) in [5.74, 6) is 0.0100. The molecule has 1 amide bonds. The number of hydrogen-bond acceptors (Lipinski definition) is 2. The fourth-order valence-electron chi connectivity index (χ4n) is 1.43. The second kappa shape index (κ2) is 5.71. The Morgan fingerprint density at radius 2 is 2.00 bits per heavy atom. The molecule has 0 aliphatic carbocycles. The van der Waals surface area contributed by atoms with E-state index in [-0.39, 0.29) is 17.2 Å². The third-order valence-corrected chi connectivity index (χ3v) is 4.10. The molecule has 0 saturated heterocycles. The summed E-state index contributed by atoms with van der Waals surface area (Å²) in [7, 11) is 0. The molecule has 0 radical (unpaired) electrons. The van der Waals surface area contributed by atoms with Gasteiger partial charge in [-0.05, 0) is 60.6 Å². The van der Waals surface area contributed by atoms with Crippen molar-refractivity contribution in [2.24, 2.45) is 0 Å². The van der Waals surface area contributed by atoms with Crippen molar-refractivity contribution in [1.82, 2.24) is 5.32 Å². The molecular weight excluding hydrogens is 329 g/mol. The van der Waals surface area contributed by atoms with Gasteiger partial charge in [0, 0.05) is 11.1 Å². The van der Waals surface area contributed by atoms with Crippen LogP contribution in [0.25, 0.3) is 0 Å². The summed E-state index contributed by atoms with van der Waals surface area (Å²) in [6, 6.07) is 4.96. The molecule has 1 aromatic rings. The lowest BCUT2D eigenvalue weighted by Crippen LogP contribution is -2.44.